The maximum Gasteiger partial charge on any atom is 0.311 e. The molecule has 1 heterocycles. The molecule has 1 aliphatic carbocycles. The number of benzene rings is 1. The zero-order valence-electron chi connectivity index (χ0n) is 16.4. The highest BCUT2D eigenvalue weighted by molar-refractivity contribution is 9.10. The Bertz CT molecular complexity index is 774. The van der Waals surface area contributed by atoms with E-state index in [0.29, 0.717) is 12.2 Å². The molecule has 0 aromatic heterocycles. The van der Waals surface area contributed by atoms with Crippen molar-refractivity contribution in [1.82, 2.24) is 4.90 Å². The second-order valence-corrected chi connectivity index (χ2v) is 8.59. The van der Waals surface area contributed by atoms with Crippen LogP contribution >= 0.6 is 15.9 Å². The molecule has 152 valence electrons. The predicted octanol–water partition coefficient (Wildman–Crippen LogP) is 3.73. The van der Waals surface area contributed by atoms with Crippen LogP contribution in [0.5, 0.6) is 0 Å². The number of amides is 2. The number of carbonyl (C=O) groups is 3. The Morgan fingerprint density at radius 2 is 1.89 bits per heavy atom. The summed E-state index contributed by atoms with van der Waals surface area (Å²) in [6.07, 6.45) is 5.71. The minimum absolute atomic E-state index is 0.0271. The zero-order chi connectivity index (χ0) is 20.3. The molecule has 1 aromatic carbocycles. The summed E-state index contributed by atoms with van der Waals surface area (Å²) in [6, 6.07) is 3.93. The molecule has 0 unspecified atom stereocenters. The van der Waals surface area contributed by atoms with Gasteiger partial charge in [-0.15, -0.1) is 0 Å². The van der Waals surface area contributed by atoms with Gasteiger partial charge in [0.1, 0.15) is 0 Å². The van der Waals surface area contributed by atoms with Gasteiger partial charge in [0.15, 0.2) is 6.61 Å². The first kappa shape index (κ1) is 20.8. The molecular formula is C21H27BrN2O4. The normalized spacial score (nSPS) is 20.3. The lowest BCUT2D eigenvalue weighted by atomic mass is 9.94. The number of hydrogen-bond donors (Lipinski definition) is 1. The fourth-order valence-electron chi connectivity index (χ4n) is 4.00. The highest BCUT2D eigenvalue weighted by atomic mass is 79.9. The first-order valence-electron chi connectivity index (χ1n) is 9.88. The smallest absolute Gasteiger partial charge is 0.311 e. The van der Waals surface area contributed by atoms with Gasteiger partial charge in [0.25, 0.3) is 5.91 Å². The highest BCUT2D eigenvalue weighted by Crippen LogP contribution is 2.29. The maximum atomic E-state index is 12.4. The number of anilines is 1. The Morgan fingerprint density at radius 1 is 1.18 bits per heavy atom. The first-order valence-corrected chi connectivity index (χ1v) is 10.7. The van der Waals surface area contributed by atoms with Crippen molar-refractivity contribution in [3.63, 3.8) is 0 Å². The lowest BCUT2D eigenvalue weighted by molar-refractivity contribution is -0.151. The summed E-state index contributed by atoms with van der Waals surface area (Å²) in [5.74, 6) is -1.30. The third-order valence-electron chi connectivity index (χ3n) is 5.85. The van der Waals surface area contributed by atoms with Gasteiger partial charge >= 0.3 is 5.97 Å². The van der Waals surface area contributed by atoms with E-state index in [-0.39, 0.29) is 30.9 Å². The van der Waals surface area contributed by atoms with Gasteiger partial charge in [-0.25, -0.2) is 0 Å². The second-order valence-electron chi connectivity index (χ2n) is 7.74. The Morgan fingerprint density at radius 3 is 2.61 bits per heavy atom. The van der Waals surface area contributed by atoms with Crippen LogP contribution in [0, 0.1) is 19.8 Å². The van der Waals surface area contributed by atoms with E-state index in [9.17, 15) is 14.4 Å². The fraction of sp³-hybridized carbons (Fsp3) is 0.571. The van der Waals surface area contributed by atoms with E-state index in [4.69, 9.17) is 4.74 Å². The molecule has 2 amide bonds. The maximum absolute atomic E-state index is 12.4. The van der Waals surface area contributed by atoms with Gasteiger partial charge in [-0.3, -0.25) is 14.4 Å². The number of halogens is 1. The van der Waals surface area contributed by atoms with Crippen molar-refractivity contribution in [3.8, 4) is 0 Å². The lowest BCUT2D eigenvalue weighted by Crippen LogP contribution is -2.38. The molecule has 6 nitrogen and oxygen atoms in total. The molecule has 2 fully saturated rings. The van der Waals surface area contributed by atoms with Crippen molar-refractivity contribution in [2.45, 2.75) is 58.4 Å². The molecule has 3 rings (SSSR count). The van der Waals surface area contributed by atoms with Crippen LogP contribution in [-0.4, -0.2) is 41.9 Å². The monoisotopic (exact) mass is 450 g/mol. The molecular weight excluding hydrogens is 424 g/mol. The van der Waals surface area contributed by atoms with Crippen LogP contribution in [0.3, 0.4) is 0 Å². The van der Waals surface area contributed by atoms with E-state index in [0.717, 1.165) is 41.3 Å². The van der Waals surface area contributed by atoms with Gasteiger partial charge in [-0.1, -0.05) is 35.2 Å². The van der Waals surface area contributed by atoms with Gasteiger partial charge < -0.3 is 15.0 Å². The molecule has 0 spiro atoms. The van der Waals surface area contributed by atoms with E-state index in [1.54, 1.807) is 0 Å². The van der Waals surface area contributed by atoms with Crippen LogP contribution in [0.15, 0.2) is 16.6 Å². The van der Waals surface area contributed by atoms with Crippen LogP contribution in [0.2, 0.25) is 0 Å². The van der Waals surface area contributed by atoms with Crippen LogP contribution < -0.4 is 5.32 Å². The topological polar surface area (TPSA) is 75.7 Å². The molecule has 7 heteroatoms. The number of likely N-dealkylation sites (tertiary alicyclic amines) is 1. The third-order valence-corrected chi connectivity index (χ3v) is 6.71. The molecule has 1 atom stereocenters. The van der Waals surface area contributed by atoms with E-state index in [1.165, 1.54) is 6.42 Å². The third kappa shape index (κ3) is 4.74. The molecule has 28 heavy (non-hydrogen) atoms. The van der Waals surface area contributed by atoms with Gasteiger partial charge in [-0.2, -0.15) is 0 Å². The molecule has 1 N–H and O–H groups in total. The number of esters is 1. The van der Waals surface area contributed by atoms with Crippen LogP contribution in [-0.2, 0) is 19.1 Å². The average Bonchev–Trinajstić information content (AvgIpc) is 3.09. The number of nitrogens with zero attached hydrogens (tertiary/aromatic N) is 1. The molecule has 1 saturated heterocycles. The van der Waals surface area contributed by atoms with Gasteiger partial charge in [-0.05, 0) is 49.9 Å². The Hall–Kier alpha value is -1.89. The van der Waals surface area contributed by atoms with Crippen LogP contribution in [0.25, 0.3) is 0 Å². The first-order chi connectivity index (χ1) is 13.4. The van der Waals surface area contributed by atoms with Crippen molar-refractivity contribution in [1.29, 1.82) is 0 Å². The minimum Gasteiger partial charge on any atom is -0.455 e. The largest absolute Gasteiger partial charge is 0.455 e. The van der Waals surface area contributed by atoms with E-state index >= 15 is 0 Å². The number of ether oxygens (including phenoxy) is 1. The summed E-state index contributed by atoms with van der Waals surface area (Å²) in [5, 5.41) is 2.78. The zero-order valence-corrected chi connectivity index (χ0v) is 18.0. The average molecular weight is 451 g/mol. The van der Waals surface area contributed by atoms with E-state index in [2.05, 4.69) is 21.2 Å². The second kappa shape index (κ2) is 9.07. The molecule has 1 saturated carbocycles. The summed E-state index contributed by atoms with van der Waals surface area (Å²) in [4.78, 5) is 38.7. The molecule has 1 aliphatic heterocycles. The quantitative estimate of drug-likeness (QED) is 0.693. The number of carbonyl (C=O) groups excluding carboxylic acids is 3. The Kier molecular flexibility index (Phi) is 6.75. The molecule has 0 bridgehead atoms. The number of hydrogen-bond acceptors (Lipinski definition) is 4. The van der Waals surface area contributed by atoms with E-state index in [1.807, 2.05) is 30.9 Å². The Balaban J connectivity index is 1.49. The van der Waals surface area contributed by atoms with Gasteiger partial charge in [0.2, 0.25) is 5.91 Å². The molecule has 0 radical (unpaired) electrons. The molecule has 2 aliphatic rings. The van der Waals surface area contributed by atoms with Crippen molar-refractivity contribution in [2.75, 3.05) is 18.5 Å². The van der Waals surface area contributed by atoms with E-state index < -0.39 is 11.9 Å². The number of rotatable bonds is 5. The van der Waals surface area contributed by atoms with Crippen LogP contribution in [0.4, 0.5) is 5.69 Å². The summed E-state index contributed by atoms with van der Waals surface area (Å²) in [7, 11) is 0. The number of nitrogens with one attached hydrogen (secondary N) is 1. The summed E-state index contributed by atoms with van der Waals surface area (Å²) < 4.78 is 6.17. The van der Waals surface area contributed by atoms with Crippen molar-refractivity contribution in [3.05, 3.63) is 27.7 Å². The minimum atomic E-state index is -0.473. The standard InChI is InChI=1S/C21H27BrN2O4/c1-13-14(2)18(9-8-17(13)22)23-19(25)12-28-21(27)15-10-20(26)24(11-15)16-6-4-3-5-7-16/h8-9,15-16H,3-7,10-12H2,1-2H3,(H,23,25)/t15-/m0/s1. The Labute approximate surface area is 174 Å². The molecule has 1 aromatic rings. The van der Waals surface area contributed by atoms with Crippen molar-refractivity contribution < 1.29 is 19.1 Å². The summed E-state index contributed by atoms with van der Waals surface area (Å²) in [6.45, 7) is 3.95. The summed E-state index contributed by atoms with van der Waals surface area (Å²) in [5.41, 5.74) is 2.70. The summed E-state index contributed by atoms with van der Waals surface area (Å²) >= 11 is 3.46. The van der Waals surface area contributed by atoms with Crippen LogP contribution in [0.1, 0.15) is 49.7 Å². The highest BCUT2D eigenvalue weighted by Gasteiger charge is 2.39. The van der Waals surface area contributed by atoms with Gasteiger partial charge in [0.05, 0.1) is 5.92 Å². The SMILES string of the molecule is Cc1c(Br)ccc(NC(=O)COC(=O)[C@H]2CC(=O)N(C3CCCCC3)C2)c1C. The lowest BCUT2D eigenvalue weighted by Gasteiger charge is -2.31. The fourth-order valence-corrected chi connectivity index (χ4v) is 4.43. The predicted molar refractivity (Wildman–Crippen MR) is 110 cm³/mol. The van der Waals surface area contributed by atoms with Crippen molar-refractivity contribution in [2.24, 2.45) is 5.92 Å². The van der Waals surface area contributed by atoms with Crippen molar-refractivity contribution >= 4 is 39.4 Å². The van der Waals surface area contributed by atoms with Gasteiger partial charge in [0, 0.05) is 29.2 Å².